The van der Waals surface area contributed by atoms with Gasteiger partial charge in [-0.3, -0.25) is 9.69 Å². The Bertz CT molecular complexity index is 808. The van der Waals surface area contributed by atoms with Crippen LogP contribution in [0.25, 0.3) is 0 Å². The molecule has 0 radical (unpaired) electrons. The number of piperazine rings is 1. The van der Waals surface area contributed by atoms with Crippen molar-refractivity contribution in [2.24, 2.45) is 5.92 Å². The number of pyridine rings is 1. The molecular formula is C20H26F3N5O2. The minimum atomic E-state index is -4.40. The highest BCUT2D eigenvalue weighted by Crippen LogP contribution is 2.38. The van der Waals surface area contributed by atoms with E-state index in [4.69, 9.17) is 0 Å². The van der Waals surface area contributed by atoms with E-state index in [2.05, 4.69) is 10.3 Å². The van der Waals surface area contributed by atoms with Gasteiger partial charge in [-0.05, 0) is 30.9 Å². The molecule has 1 spiro atoms. The van der Waals surface area contributed by atoms with Gasteiger partial charge in [0.15, 0.2) is 0 Å². The molecule has 1 aromatic rings. The molecule has 7 nitrogen and oxygen atoms in total. The van der Waals surface area contributed by atoms with Crippen molar-refractivity contribution in [2.45, 2.75) is 44.3 Å². The van der Waals surface area contributed by atoms with Gasteiger partial charge in [-0.1, -0.05) is 19.8 Å². The van der Waals surface area contributed by atoms with Gasteiger partial charge in [-0.25, -0.2) is 14.7 Å². The van der Waals surface area contributed by atoms with Crippen LogP contribution in [-0.2, 0) is 11.0 Å². The largest absolute Gasteiger partial charge is 0.417 e. The van der Waals surface area contributed by atoms with E-state index >= 15 is 0 Å². The van der Waals surface area contributed by atoms with Crippen LogP contribution >= 0.6 is 0 Å². The number of alkyl halides is 3. The lowest BCUT2D eigenvalue weighted by Gasteiger charge is -2.38. The summed E-state index contributed by atoms with van der Waals surface area (Å²) in [7, 11) is 0. The molecule has 0 unspecified atom stereocenters. The Morgan fingerprint density at radius 1 is 1.17 bits per heavy atom. The molecule has 2 atom stereocenters. The number of amides is 3. The van der Waals surface area contributed by atoms with Crippen LogP contribution in [0.15, 0.2) is 18.3 Å². The molecule has 1 saturated carbocycles. The zero-order valence-corrected chi connectivity index (χ0v) is 16.9. The first-order valence-electron chi connectivity index (χ1n) is 10.4. The highest BCUT2D eigenvalue weighted by molar-refractivity contribution is 6.07. The summed E-state index contributed by atoms with van der Waals surface area (Å²) in [5.41, 5.74) is -1.53. The van der Waals surface area contributed by atoms with Crippen LogP contribution in [-0.4, -0.2) is 65.1 Å². The highest BCUT2D eigenvalue weighted by Gasteiger charge is 2.55. The molecule has 2 saturated heterocycles. The second-order valence-electron chi connectivity index (χ2n) is 8.43. The lowest BCUT2D eigenvalue weighted by Crippen LogP contribution is -2.55. The molecule has 3 fully saturated rings. The second-order valence-corrected chi connectivity index (χ2v) is 8.43. The number of hydrogen-bond acceptors (Lipinski definition) is 5. The zero-order valence-electron chi connectivity index (χ0n) is 16.9. The average Bonchev–Trinajstić information content (AvgIpc) is 2.95. The quantitative estimate of drug-likeness (QED) is 0.755. The molecule has 0 aromatic carbocycles. The van der Waals surface area contributed by atoms with Gasteiger partial charge in [-0.15, -0.1) is 0 Å². The Balaban J connectivity index is 1.35. The third-order valence-corrected chi connectivity index (χ3v) is 6.61. The number of imide groups is 1. The lowest BCUT2D eigenvalue weighted by atomic mass is 9.73. The monoisotopic (exact) mass is 425 g/mol. The maximum atomic E-state index is 13.1. The molecule has 10 heteroatoms. The maximum absolute atomic E-state index is 13.1. The first kappa shape index (κ1) is 20.9. The Labute approximate surface area is 173 Å². The number of hydrogen-bond donors (Lipinski definition) is 1. The van der Waals surface area contributed by atoms with Crippen molar-refractivity contribution in [1.82, 2.24) is 20.1 Å². The summed E-state index contributed by atoms with van der Waals surface area (Å²) in [6, 6.07) is 2.08. The number of carbonyl (C=O) groups excluding carboxylic acids is 2. The number of halogens is 3. The van der Waals surface area contributed by atoms with Crippen LogP contribution in [0.3, 0.4) is 0 Å². The predicted molar refractivity (Wildman–Crippen MR) is 104 cm³/mol. The Morgan fingerprint density at radius 2 is 1.90 bits per heavy atom. The number of nitrogens with zero attached hydrogens (tertiary/aromatic N) is 4. The fraction of sp³-hybridized carbons (Fsp3) is 0.650. The summed E-state index contributed by atoms with van der Waals surface area (Å²) in [6.07, 6.45) is 0.0657. The molecule has 4 rings (SSSR count). The van der Waals surface area contributed by atoms with E-state index in [-0.39, 0.29) is 24.5 Å². The fourth-order valence-electron chi connectivity index (χ4n) is 4.68. The summed E-state index contributed by atoms with van der Waals surface area (Å²) >= 11 is 0. The summed E-state index contributed by atoms with van der Waals surface area (Å²) < 4.78 is 38.1. The van der Waals surface area contributed by atoms with E-state index in [1.54, 1.807) is 0 Å². The predicted octanol–water partition coefficient (Wildman–Crippen LogP) is 2.68. The van der Waals surface area contributed by atoms with E-state index in [1.165, 1.54) is 11.0 Å². The molecule has 1 aliphatic carbocycles. The molecule has 1 N–H and O–H groups in total. The Kier molecular flexibility index (Phi) is 5.37. The van der Waals surface area contributed by atoms with Crippen molar-refractivity contribution in [2.75, 3.05) is 37.7 Å². The fourth-order valence-corrected chi connectivity index (χ4v) is 4.68. The van der Waals surface area contributed by atoms with Crippen molar-refractivity contribution in [1.29, 1.82) is 0 Å². The van der Waals surface area contributed by atoms with Crippen molar-refractivity contribution in [3.05, 3.63) is 23.9 Å². The van der Waals surface area contributed by atoms with E-state index < -0.39 is 17.3 Å². The van der Waals surface area contributed by atoms with E-state index in [0.29, 0.717) is 38.4 Å². The van der Waals surface area contributed by atoms with Crippen LogP contribution in [0.5, 0.6) is 0 Å². The van der Waals surface area contributed by atoms with Gasteiger partial charge in [0.05, 0.1) is 12.2 Å². The van der Waals surface area contributed by atoms with Crippen molar-refractivity contribution in [3.63, 3.8) is 0 Å². The van der Waals surface area contributed by atoms with Crippen LogP contribution in [0.2, 0.25) is 0 Å². The number of carbonyl (C=O) groups is 2. The summed E-state index contributed by atoms with van der Waals surface area (Å²) in [4.78, 5) is 34.8. The first-order chi connectivity index (χ1) is 14.2. The standard InChI is InChI=1S/C20H26F3N5O2/c1-14-4-2-3-7-19(14)17(29)28(18(30)25-19)13-26-8-10-27(11-9-26)16-6-5-15(12-24-16)20(21,22)23/h5-6,12,14H,2-4,7-11,13H2,1H3,(H,25,30)/t14-,19+/m0/s1. The van der Waals surface area contributed by atoms with Gasteiger partial charge in [-0.2, -0.15) is 13.2 Å². The van der Waals surface area contributed by atoms with Gasteiger partial charge in [0.1, 0.15) is 11.4 Å². The van der Waals surface area contributed by atoms with Crippen molar-refractivity contribution < 1.29 is 22.8 Å². The molecule has 0 bridgehead atoms. The normalized spacial score (nSPS) is 28.3. The smallest absolute Gasteiger partial charge is 0.354 e. The summed E-state index contributed by atoms with van der Waals surface area (Å²) in [5.74, 6) is 0.481. The number of rotatable bonds is 3. The summed E-state index contributed by atoms with van der Waals surface area (Å²) in [5, 5.41) is 2.96. The van der Waals surface area contributed by atoms with Crippen LogP contribution in [0.4, 0.5) is 23.8 Å². The third-order valence-electron chi connectivity index (χ3n) is 6.61. The summed E-state index contributed by atoms with van der Waals surface area (Å²) in [6.45, 7) is 4.54. The molecule has 3 amide bonds. The highest BCUT2D eigenvalue weighted by atomic mass is 19.4. The molecule has 2 aliphatic heterocycles. The first-order valence-corrected chi connectivity index (χ1v) is 10.4. The molecule has 3 heterocycles. The SMILES string of the molecule is C[C@H]1CCCC[C@@]12NC(=O)N(CN1CCN(c3ccc(C(F)(F)F)cn3)CC1)C2=O. The van der Waals surface area contributed by atoms with Crippen LogP contribution in [0, 0.1) is 5.92 Å². The lowest BCUT2D eigenvalue weighted by molar-refractivity contribution is -0.138. The van der Waals surface area contributed by atoms with E-state index in [1.807, 2.05) is 16.7 Å². The zero-order chi connectivity index (χ0) is 21.5. The number of urea groups is 1. The maximum Gasteiger partial charge on any atom is 0.417 e. The molecule has 164 valence electrons. The number of nitrogens with one attached hydrogen (secondary N) is 1. The van der Waals surface area contributed by atoms with Gasteiger partial charge in [0.2, 0.25) is 0 Å². The topological polar surface area (TPSA) is 68.8 Å². The second kappa shape index (κ2) is 7.72. The van der Waals surface area contributed by atoms with Crippen molar-refractivity contribution in [3.8, 4) is 0 Å². The molecule has 3 aliphatic rings. The Morgan fingerprint density at radius 3 is 2.50 bits per heavy atom. The van der Waals surface area contributed by atoms with Crippen LogP contribution < -0.4 is 10.2 Å². The minimum absolute atomic E-state index is 0.121. The van der Waals surface area contributed by atoms with Crippen molar-refractivity contribution >= 4 is 17.8 Å². The molecule has 30 heavy (non-hydrogen) atoms. The van der Waals surface area contributed by atoms with Crippen LogP contribution in [0.1, 0.15) is 38.2 Å². The minimum Gasteiger partial charge on any atom is -0.354 e. The van der Waals surface area contributed by atoms with Gasteiger partial charge < -0.3 is 10.2 Å². The van der Waals surface area contributed by atoms with E-state index in [9.17, 15) is 22.8 Å². The van der Waals surface area contributed by atoms with Gasteiger partial charge >= 0.3 is 12.2 Å². The molecule has 1 aromatic heterocycles. The average molecular weight is 425 g/mol. The third kappa shape index (κ3) is 3.73. The van der Waals surface area contributed by atoms with E-state index in [0.717, 1.165) is 31.5 Å². The number of anilines is 1. The number of aromatic nitrogens is 1. The molecular weight excluding hydrogens is 399 g/mol. The Hall–Kier alpha value is -2.36. The van der Waals surface area contributed by atoms with Gasteiger partial charge in [0, 0.05) is 32.4 Å². The van der Waals surface area contributed by atoms with Gasteiger partial charge in [0.25, 0.3) is 5.91 Å².